The van der Waals surface area contributed by atoms with Crippen LogP contribution in [0.4, 0.5) is 13.2 Å². The van der Waals surface area contributed by atoms with Gasteiger partial charge >= 0.3 is 0 Å². The fourth-order valence-electron chi connectivity index (χ4n) is 2.61. The van der Waals surface area contributed by atoms with Crippen molar-refractivity contribution in [2.45, 2.75) is 65.3 Å². The molecule has 0 fully saturated rings. The number of pyridine rings is 1. The zero-order valence-electron chi connectivity index (χ0n) is 16.2. The van der Waals surface area contributed by atoms with Crippen LogP contribution in [0.2, 0.25) is 5.15 Å². The van der Waals surface area contributed by atoms with E-state index in [1.165, 1.54) is 6.20 Å². The highest BCUT2D eigenvalue weighted by atomic mass is 35.5. The van der Waals surface area contributed by atoms with Crippen LogP contribution in [0.3, 0.4) is 0 Å². The van der Waals surface area contributed by atoms with E-state index in [1.54, 1.807) is 25.3 Å². The lowest BCUT2D eigenvalue weighted by Crippen LogP contribution is -2.43. The summed E-state index contributed by atoms with van der Waals surface area (Å²) in [4.78, 5) is 4.05. The van der Waals surface area contributed by atoms with Crippen LogP contribution in [0.5, 0.6) is 0 Å². The maximum Gasteiger partial charge on any atom is 0.262 e. The lowest BCUT2D eigenvalue weighted by atomic mass is 9.97. The Morgan fingerprint density at radius 3 is 2.33 bits per heavy atom. The molecule has 1 N–H and O–H groups in total. The molecule has 0 aromatic carbocycles. The van der Waals surface area contributed by atoms with Crippen LogP contribution in [-0.4, -0.2) is 25.3 Å². The smallest absolute Gasteiger partial charge is 0.262 e. The third-order valence-electron chi connectivity index (χ3n) is 3.81. The Bertz CT molecular complexity index is 815. The molecule has 0 aliphatic heterocycles. The normalized spacial score (nSPS) is 15.6. The second-order valence-corrected chi connectivity index (χ2v) is 11.1. The SMILES string of the molecule is CC(C)(C)Cn1cc(C(N[S@@+]([O-])C(C)(C)C)C(F)F)c2cc(F)c(Cl)nc21. The van der Waals surface area contributed by atoms with E-state index in [2.05, 4.69) is 9.71 Å². The molecule has 27 heavy (non-hydrogen) atoms. The molecule has 1 unspecified atom stereocenters. The number of halogens is 4. The van der Waals surface area contributed by atoms with Crippen molar-refractivity contribution in [3.63, 3.8) is 0 Å². The van der Waals surface area contributed by atoms with Crippen molar-refractivity contribution in [1.82, 2.24) is 14.3 Å². The minimum atomic E-state index is -2.84. The third kappa shape index (κ3) is 5.31. The van der Waals surface area contributed by atoms with Gasteiger partial charge in [-0.1, -0.05) is 32.4 Å². The molecule has 0 amide bonds. The highest BCUT2D eigenvalue weighted by molar-refractivity contribution is 7.90. The van der Waals surface area contributed by atoms with E-state index >= 15 is 0 Å². The molecule has 2 atom stereocenters. The fourth-order valence-corrected chi connectivity index (χ4v) is 3.56. The first-order valence-corrected chi connectivity index (χ1v) is 10.0. The molecule has 2 heterocycles. The van der Waals surface area contributed by atoms with Crippen LogP contribution in [0.1, 0.15) is 53.1 Å². The first kappa shape index (κ1) is 22.3. The van der Waals surface area contributed by atoms with Crippen molar-refractivity contribution >= 4 is 34.0 Å². The number of fused-ring (bicyclic) bond motifs is 1. The van der Waals surface area contributed by atoms with E-state index in [1.807, 2.05) is 20.8 Å². The summed E-state index contributed by atoms with van der Waals surface area (Å²) in [6.45, 7) is 11.5. The second kappa shape index (κ2) is 7.81. The Hall–Kier alpha value is -0.960. The van der Waals surface area contributed by atoms with Gasteiger partial charge in [-0.05, 0) is 32.3 Å². The predicted octanol–water partition coefficient (Wildman–Crippen LogP) is 5.23. The summed E-state index contributed by atoms with van der Waals surface area (Å²) in [7, 11) is 0. The van der Waals surface area contributed by atoms with Crippen LogP contribution < -0.4 is 4.72 Å². The molecule has 2 aromatic heterocycles. The monoisotopic (exact) mass is 423 g/mol. The van der Waals surface area contributed by atoms with Gasteiger partial charge in [0.05, 0.1) is 0 Å². The van der Waals surface area contributed by atoms with Gasteiger partial charge < -0.3 is 9.12 Å². The summed E-state index contributed by atoms with van der Waals surface area (Å²) in [5, 5.41) is -0.0907. The van der Waals surface area contributed by atoms with Crippen LogP contribution in [0.15, 0.2) is 12.3 Å². The zero-order valence-corrected chi connectivity index (χ0v) is 17.8. The Morgan fingerprint density at radius 1 is 1.26 bits per heavy atom. The van der Waals surface area contributed by atoms with Gasteiger partial charge in [-0.25, -0.2) is 18.2 Å². The molecule has 0 radical (unpaired) electrons. The highest BCUT2D eigenvalue weighted by Gasteiger charge is 2.36. The van der Waals surface area contributed by atoms with E-state index in [0.29, 0.717) is 12.2 Å². The second-order valence-electron chi connectivity index (χ2n) is 8.72. The summed E-state index contributed by atoms with van der Waals surface area (Å²) >= 11 is 4.08. The highest BCUT2D eigenvalue weighted by Crippen LogP contribution is 2.34. The molecular weight excluding hydrogens is 399 g/mol. The average molecular weight is 424 g/mol. The van der Waals surface area contributed by atoms with Crippen molar-refractivity contribution in [1.29, 1.82) is 0 Å². The largest absolute Gasteiger partial charge is 0.598 e. The third-order valence-corrected chi connectivity index (χ3v) is 5.66. The molecule has 9 heteroatoms. The standard InChI is InChI=1S/C18H25ClF3N3OS/c1-17(2,3)9-25-8-11(10-7-12(20)14(19)23-16(10)25)13(15(21)22)24-27(26)18(4,5)6/h7-8,13,15,24H,9H2,1-6H3/t13?,27-/m0/s1. The Labute approximate surface area is 165 Å². The molecule has 4 nitrogen and oxygen atoms in total. The molecule has 0 spiro atoms. The van der Waals surface area contributed by atoms with E-state index in [4.69, 9.17) is 11.6 Å². The Morgan fingerprint density at radius 2 is 1.85 bits per heavy atom. The van der Waals surface area contributed by atoms with E-state index in [0.717, 1.165) is 6.07 Å². The van der Waals surface area contributed by atoms with Crippen LogP contribution in [0.25, 0.3) is 11.0 Å². The number of hydrogen-bond donors (Lipinski definition) is 1. The molecule has 0 saturated heterocycles. The summed E-state index contributed by atoms with van der Waals surface area (Å²) < 4.78 is 57.6. The average Bonchev–Trinajstić information content (AvgIpc) is 2.79. The molecule has 2 aromatic rings. The fraction of sp³-hybridized carbons (Fsp3) is 0.611. The predicted molar refractivity (Wildman–Crippen MR) is 104 cm³/mol. The number of hydrogen-bond acceptors (Lipinski definition) is 3. The molecule has 0 saturated carbocycles. The van der Waals surface area contributed by atoms with Gasteiger partial charge in [0.2, 0.25) is 0 Å². The first-order valence-electron chi connectivity index (χ1n) is 8.51. The number of aromatic nitrogens is 2. The number of rotatable bonds is 5. The van der Waals surface area contributed by atoms with Crippen molar-refractivity contribution in [3.8, 4) is 0 Å². The molecule has 0 bridgehead atoms. The maximum atomic E-state index is 14.0. The van der Waals surface area contributed by atoms with E-state index in [-0.39, 0.29) is 21.5 Å². The molecule has 152 valence electrons. The first-order chi connectivity index (χ1) is 12.2. The van der Waals surface area contributed by atoms with E-state index < -0.39 is 34.4 Å². The van der Waals surface area contributed by atoms with Gasteiger partial charge in [-0.15, -0.1) is 4.72 Å². The van der Waals surface area contributed by atoms with Crippen molar-refractivity contribution in [2.75, 3.05) is 0 Å². The van der Waals surface area contributed by atoms with Gasteiger partial charge in [0.1, 0.15) is 16.4 Å². The lowest BCUT2D eigenvalue weighted by molar-refractivity contribution is 0.109. The van der Waals surface area contributed by atoms with Gasteiger partial charge in [-0.3, -0.25) is 0 Å². The van der Waals surface area contributed by atoms with Gasteiger partial charge in [0.25, 0.3) is 6.43 Å². The summed E-state index contributed by atoms with van der Waals surface area (Å²) in [6.07, 6.45) is -1.33. The summed E-state index contributed by atoms with van der Waals surface area (Å²) in [5.41, 5.74) is 0.290. The van der Waals surface area contributed by atoms with Crippen LogP contribution in [-0.2, 0) is 17.9 Å². The van der Waals surface area contributed by atoms with Crippen molar-refractivity contribution in [2.24, 2.45) is 5.41 Å². The number of nitrogens with zero attached hydrogens (tertiary/aromatic N) is 2. The lowest BCUT2D eigenvalue weighted by Gasteiger charge is -2.27. The van der Waals surface area contributed by atoms with E-state index in [9.17, 15) is 17.7 Å². The molecule has 0 aliphatic carbocycles. The quantitative estimate of drug-likeness (QED) is 0.529. The number of alkyl halides is 2. The Kier molecular flexibility index (Phi) is 6.46. The van der Waals surface area contributed by atoms with Crippen LogP contribution in [0, 0.1) is 11.2 Å². The molecule has 2 rings (SSSR count). The van der Waals surface area contributed by atoms with Gasteiger partial charge in [-0.2, -0.15) is 0 Å². The van der Waals surface area contributed by atoms with Crippen molar-refractivity contribution in [3.05, 3.63) is 28.8 Å². The minimum absolute atomic E-state index is 0.143. The topological polar surface area (TPSA) is 52.9 Å². The summed E-state index contributed by atoms with van der Waals surface area (Å²) in [6, 6.07) is -0.424. The molecular formula is C18H25ClF3N3OS. The zero-order chi connectivity index (χ0) is 20.7. The van der Waals surface area contributed by atoms with Gasteiger partial charge in [0, 0.05) is 35.1 Å². The number of nitrogens with one attached hydrogen (secondary N) is 1. The maximum absolute atomic E-state index is 14.0. The minimum Gasteiger partial charge on any atom is -0.598 e. The van der Waals surface area contributed by atoms with Gasteiger partial charge in [0.15, 0.2) is 11.0 Å². The van der Waals surface area contributed by atoms with Crippen LogP contribution >= 0.6 is 11.6 Å². The molecule has 0 aliphatic rings. The Balaban J connectivity index is 2.62. The van der Waals surface area contributed by atoms with Crippen molar-refractivity contribution < 1.29 is 17.7 Å². The summed E-state index contributed by atoms with van der Waals surface area (Å²) in [5.74, 6) is -0.788.